The molecule has 0 aliphatic rings. The van der Waals surface area contributed by atoms with E-state index >= 15 is 0 Å². The third kappa shape index (κ3) is 8.04. The molecule has 1 nitrogen and oxygen atoms in total. The second-order valence-electron chi connectivity index (χ2n) is 3.73. The van der Waals surface area contributed by atoms with Crippen LogP contribution >= 0.6 is 0 Å². The molecule has 0 heterocycles. The molecule has 86 valence electrons. The first-order chi connectivity index (χ1) is 7.24. The van der Waals surface area contributed by atoms with Gasteiger partial charge in [0.05, 0.1) is 0 Å². The molecule has 0 bridgehead atoms. The van der Waals surface area contributed by atoms with Gasteiger partial charge in [-0.25, -0.2) is 0 Å². The summed E-state index contributed by atoms with van der Waals surface area (Å²) >= 11 is 0. The molecular formula is C14H24O. The molecule has 0 fully saturated rings. The minimum Gasteiger partial charge on any atom is -0.508 e. The molecule has 0 unspecified atom stereocenters. The molecule has 0 saturated carbocycles. The van der Waals surface area contributed by atoms with Crippen molar-refractivity contribution >= 4 is 0 Å². The van der Waals surface area contributed by atoms with Crippen molar-refractivity contribution in [3.05, 3.63) is 29.8 Å². The zero-order valence-corrected chi connectivity index (χ0v) is 10.3. The number of phenolic OH excluding ortho intramolecular Hbond substituents is 1. The van der Waals surface area contributed by atoms with Crippen molar-refractivity contribution in [3.63, 3.8) is 0 Å². The molecule has 0 radical (unpaired) electrons. The summed E-state index contributed by atoms with van der Waals surface area (Å²) in [6.07, 6.45) is 6.56. The summed E-state index contributed by atoms with van der Waals surface area (Å²) in [5.74, 6) is 0.340. The van der Waals surface area contributed by atoms with E-state index in [2.05, 4.69) is 20.8 Å². The van der Waals surface area contributed by atoms with Crippen LogP contribution in [0.5, 0.6) is 5.75 Å². The Hall–Kier alpha value is -0.980. The van der Waals surface area contributed by atoms with E-state index < -0.39 is 0 Å². The molecule has 0 aliphatic carbocycles. The van der Waals surface area contributed by atoms with Gasteiger partial charge in [-0.2, -0.15) is 0 Å². The SMILES string of the molecule is CCCCCC.CCc1ccc(O)cc1. The van der Waals surface area contributed by atoms with Gasteiger partial charge in [0.2, 0.25) is 0 Å². The first kappa shape index (κ1) is 14.0. The number of benzene rings is 1. The molecule has 0 saturated heterocycles. The van der Waals surface area contributed by atoms with E-state index in [1.54, 1.807) is 12.1 Å². The number of hydrogen-bond acceptors (Lipinski definition) is 1. The Morgan fingerprint density at radius 3 is 1.67 bits per heavy atom. The molecule has 0 aromatic heterocycles. The van der Waals surface area contributed by atoms with Gasteiger partial charge in [-0.1, -0.05) is 58.6 Å². The van der Waals surface area contributed by atoms with Gasteiger partial charge in [0.1, 0.15) is 5.75 Å². The average molecular weight is 208 g/mol. The third-order valence-corrected chi connectivity index (χ3v) is 2.30. The number of phenols is 1. The average Bonchev–Trinajstić information content (AvgIpc) is 2.28. The van der Waals surface area contributed by atoms with Crippen LogP contribution in [0.25, 0.3) is 0 Å². The van der Waals surface area contributed by atoms with Gasteiger partial charge in [-0.05, 0) is 24.1 Å². The molecule has 1 rings (SSSR count). The highest BCUT2D eigenvalue weighted by Crippen LogP contribution is 2.09. The predicted octanol–water partition coefficient (Wildman–Crippen LogP) is 4.54. The van der Waals surface area contributed by atoms with E-state index in [4.69, 9.17) is 5.11 Å². The molecule has 0 spiro atoms. The molecule has 1 N–H and O–H groups in total. The first-order valence-electron chi connectivity index (χ1n) is 6.02. The molecule has 1 aromatic carbocycles. The first-order valence-corrected chi connectivity index (χ1v) is 6.02. The van der Waals surface area contributed by atoms with Gasteiger partial charge in [0.25, 0.3) is 0 Å². The summed E-state index contributed by atoms with van der Waals surface area (Å²) in [7, 11) is 0. The number of rotatable bonds is 4. The maximum atomic E-state index is 8.85. The highest BCUT2D eigenvalue weighted by atomic mass is 16.3. The highest BCUT2D eigenvalue weighted by Gasteiger charge is 1.86. The van der Waals surface area contributed by atoms with Gasteiger partial charge in [0, 0.05) is 0 Å². The van der Waals surface area contributed by atoms with Crippen LogP contribution in [0.15, 0.2) is 24.3 Å². The second kappa shape index (κ2) is 9.57. The molecule has 0 amide bonds. The minimum atomic E-state index is 0.340. The Labute approximate surface area is 94.2 Å². The van der Waals surface area contributed by atoms with Crippen LogP contribution in [0.3, 0.4) is 0 Å². The lowest BCUT2D eigenvalue weighted by molar-refractivity contribution is 0.475. The van der Waals surface area contributed by atoms with Crippen molar-refractivity contribution in [2.45, 2.75) is 52.9 Å². The van der Waals surface area contributed by atoms with Crippen molar-refractivity contribution in [1.29, 1.82) is 0 Å². The van der Waals surface area contributed by atoms with Crippen LogP contribution in [0.2, 0.25) is 0 Å². The lowest BCUT2D eigenvalue weighted by Gasteiger charge is -1.93. The summed E-state index contributed by atoms with van der Waals surface area (Å²) in [5, 5.41) is 8.85. The van der Waals surface area contributed by atoms with E-state index in [1.165, 1.54) is 31.2 Å². The lowest BCUT2D eigenvalue weighted by Crippen LogP contribution is -1.75. The monoisotopic (exact) mass is 208 g/mol. The number of aryl methyl sites for hydroxylation is 1. The minimum absolute atomic E-state index is 0.340. The normalized spacial score (nSPS) is 9.27. The van der Waals surface area contributed by atoms with Crippen molar-refractivity contribution < 1.29 is 5.11 Å². The van der Waals surface area contributed by atoms with Gasteiger partial charge in [-0.15, -0.1) is 0 Å². The van der Waals surface area contributed by atoms with E-state index in [-0.39, 0.29) is 0 Å². The lowest BCUT2D eigenvalue weighted by atomic mass is 10.2. The standard InChI is InChI=1S/C8H10O.C6H14/c1-2-7-3-5-8(9)6-4-7;1-3-5-6-4-2/h3-6,9H,2H2,1H3;3-6H2,1-2H3. The molecule has 0 aliphatic heterocycles. The predicted molar refractivity (Wildman–Crippen MR) is 67.3 cm³/mol. The fourth-order valence-electron chi connectivity index (χ4n) is 1.23. The molecule has 1 heteroatoms. The molecule has 0 atom stereocenters. The number of aromatic hydroxyl groups is 1. The fraction of sp³-hybridized carbons (Fsp3) is 0.571. The van der Waals surface area contributed by atoms with Crippen molar-refractivity contribution in [2.75, 3.05) is 0 Å². The molecular weight excluding hydrogens is 184 g/mol. The largest absolute Gasteiger partial charge is 0.508 e. The maximum absolute atomic E-state index is 8.85. The summed E-state index contributed by atoms with van der Waals surface area (Å²) in [5.41, 5.74) is 1.26. The topological polar surface area (TPSA) is 20.2 Å². The smallest absolute Gasteiger partial charge is 0.115 e. The Balaban J connectivity index is 0.000000288. The van der Waals surface area contributed by atoms with Crippen LogP contribution < -0.4 is 0 Å². The Bertz CT molecular complexity index is 222. The van der Waals surface area contributed by atoms with Gasteiger partial charge in [0.15, 0.2) is 0 Å². The summed E-state index contributed by atoms with van der Waals surface area (Å²) in [6.45, 7) is 6.55. The van der Waals surface area contributed by atoms with Crippen LogP contribution in [-0.4, -0.2) is 5.11 Å². The van der Waals surface area contributed by atoms with E-state index in [0.717, 1.165) is 6.42 Å². The number of hydrogen-bond donors (Lipinski definition) is 1. The van der Waals surface area contributed by atoms with Gasteiger partial charge in [-0.3, -0.25) is 0 Å². The zero-order valence-electron chi connectivity index (χ0n) is 10.3. The zero-order chi connectivity index (χ0) is 11.5. The quantitative estimate of drug-likeness (QED) is 0.720. The Morgan fingerprint density at radius 1 is 0.867 bits per heavy atom. The van der Waals surface area contributed by atoms with Crippen LogP contribution in [-0.2, 0) is 6.42 Å². The van der Waals surface area contributed by atoms with Crippen molar-refractivity contribution in [1.82, 2.24) is 0 Å². The summed E-state index contributed by atoms with van der Waals surface area (Å²) in [6, 6.07) is 7.27. The highest BCUT2D eigenvalue weighted by molar-refractivity contribution is 5.25. The fourth-order valence-corrected chi connectivity index (χ4v) is 1.23. The maximum Gasteiger partial charge on any atom is 0.115 e. The Morgan fingerprint density at radius 2 is 1.33 bits per heavy atom. The second-order valence-corrected chi connectivity index (χ2v) is 3.73. The van der Waals surface area contributed by atoms with Crippen molar-refractivity contribution in [2.24, 2.45) is 0 Å². The molecule has 15 heavy (non-hydrogen) atoms. The van der Waals surface area contributed by atoms with E-state index in [9.17, 15) is 0 Å². The van der Waals surface area contributed by atoms with E-state index in [1.807, 2.05) is 12.1 Å². The number of unbranched alkanes of at least 4 members (excludes halogenated alkanes) is 3. The molecule has 1 aromatic rings. The third-order valence-electron chi connectivity index (χ3n) is 2.30. The van der Waals surface area contributed by atoms with Crippen LogP contribution in [0.1, 0.15) is 52.0 Å². The van der Waals surface area contributed by atoms with E-state index in [0.29, 0.717) is 5.75 Å². The van der Waals surface area contributed by atoms with Gasteiger partial charge < -0.3 is 5.11 Å². The van der Waals surface area contributed by atoms with Crippen LogP contribution in [0.4, 0.5) is 0 Å². The van der Waals surface area contributed by atoms with Crippen molar-refractivity contribution in [3.8, 4) is 5.75 Å². The summed E-state index contributed by atoms with van der Waals surface area (Å²) in [4.78, 5) is 0. The summed E-state index contributed by atoms with van der Waals surface area (Å²) < 4.78 is 0. The van der Waals surface area contributed by atoms with Gasteiger partial charge >= 0.3 is 0 Å². The Kier molecular flexibility index (Phi) is 8.95. The van der Waals surface area contributed by atoms with Crippen LogP contribution in [0, 0.1) is 0 Å².